The van der Waals surface area contributed by atoms with E-state index < -0.39 is 0 Å². The van der Waals surface area contributed by atoms with Crippen LogP contribution in [-0.4, -0.2) is 41.1 Å². The highest BCUT2D eigenvalue weighted by Crippen LogP contribution is 2.42. The molecular weight excluding hydrogens is 402 g/mol. The Morgan fingerprint density at radius 2 is 1.89 bits per heavy atom. The van der Waals surface area contributed by atoms with Gasteiger partial charge in [0.05, 0.1) is 15.7 Å². The fraction of sp³-hybridized carbons (Fsp3) is 0.400. The molecule has 2 aromatic rings. The largest absolute Gasteiger partial charge is 0.361 e. The van der Waals surface area contributed by atoms with Crippen molar-refractivity contribution in [2.45, 2.75) is 38.3 Å². The fourth-order valence-corrected chi connectivity index (χ4v) is 4.76. The number of carbonyl (C=O) groups is 1. The number of rotatable bonds is 2. The van der Waals surface area contributed by atoms with Crippen LogP contribution in [0.2, 0.25) is 10.0 Å². The number of pyridine rings is 1. The summed E-state index contributed by atoms with van der Waals surface area (Å²) in [6, 6.07) is 4.83. The minimum absolute atomic E-state index is 0.144. The molecule has 0 spiro atoms. The molecule has 3 heterocycles. The van der Waals surface area contributed by atoms with Crippen molar-refractivity contribution in [3.63, 3.8) is 0 Å². The molecule has 2 saturated heterocycles. The first-order chi connectivity index (χ1) is 13.4. The molecule has 1 N–H and O–H groups in total. The van der Waals surface area contributed by atoms with Crippen LogP contribution in [-0.2, 0) is 0 Å². The topological polar surface area (TPSA) is 48.5 Å². The van der Waals surface area contributed by atoms with E-state index >= 15 is 0 Å². The monoisotopic (exact) mass is 422 g/mol. The number of nitrogens with zero attached hydrogens (tertiary/aromatic N) is 3. The van der Waals surface area contributed by atoms with Gasteiger partial charge in [-0.1, -0.05) is 23.2 Å². The first kappa shape index (κ1) is 19.3. The molecule has 1 aromatic heterocycles. The number of hydrogen-bond acceptors (Lipinski definition) is 3. The molecule has 1 aromatic carbocycles. The molecule has 2 atom stereocenters. The zero-order valence-corrected chi connectivity index (χ0v) is 17.0. The molecule has 2 amide bonds. The Morgan fingerprint density at radius 1 is 1.18 bits per heavy atom. The molecule has 148 valence electrons. The maximum absolute atomic E-state index is 13.5. The number of urea groups is 1. The summed E-state index contributed by atoms with van der Waals surface area (Å²) in [5.41, 5.74) is 1.90. The van der Waals surface area contributed by atoms with E-state index in [0.29, 0.717) is 34.4 Å². The molecule has 28 heavy (non-hydrogen) atoms. The number of likely N-dealkylation sites (tertiary alicyclic amines) is 1. The van der Waals surface area contributed by atoms with Crippen LogP contribution in [0.1, 0.15) is 24.8 Å². The van der Waals surface area contributed by atoms with Crippen molar-refractivity contribution in [3.8, 4) is 0 Å². The minimum atomic E-state index is -0.285. The summed E-state index contributed by atoms with van der Waals surface area (Å²) < 4.78 is 13.5. The lowest BCUT2D eigenvalue weighted by Gasteiger charge is -2.32. The summed E-state index contributed by atoms with van der Waals surface area (Å²) in [4.78, 5) is 20.9. The van der Waals surface area contributed by atoms with Crippen molar-refractivity contribution in [2.75, 3.05) is 23.3 Å². The quantitative estimate of drug-likeness (QED) is 0.730. The molecule has 0 aliphatic carbocycles. The van der Waals surface area contributed by atoms with Gasteiger partial charge in [-0.3, -0.25) is 4.98 Å². The lowest BCUT2D eigenvalue weighted by Crippen LogP contribution is -2.43. The van der Waals surface area contributed by atoms with Crippen LogP contribution >= 0.6 is 23.2 Å². The molecule has 2 fully saturated rings. The number of nitrogens with one attached hydrogen (secondary N) is 1. The molecule has 2 aliphatic rings. The van der Waals surface area contributed by atoms with E-state index in [2.05, 4.69) is 15.2 Å². The predicted octanol–water partition coefficient (Wildman–Crippen LogP) is 5.11. The van der Waals surface area contributed by atoms with Crippen molar-refractivity contribution in [2.24, 2.45) is 0 Å². The Hall–Kier alpha value is -2.05. The van der Waals surface area contributed by atoms with Gasteiger partial charge in [0.15, 0.2) is 0 Å². The number of fused-ring (bicyclic) bond motifs is 2. The van der Waals surface area contributed by atoms with E-state index in [0.717, 1.165) is 24.9 Å². The molecule has 2 bridgehead atoms. The van der Waals surface area contributed by atoms with Gasteiger partial charge in [-0.2, -0.15) is 0 Å². The Labute approximate surface area is 173 Å². The van der Waals surface area contributed by atoms with Crippen molar-refractivity contribution in [3.05, 3.63) is 52.0 Å². The second kappa shape index (κ2) is 7.76. The first-order valence-electron chi connectivity index (χ1n) is 9.33. The lowest BCUT2D eigenvalue weighted by atomic mass is 10.1. The lowest BCUT2D eigenvalue weighted by molar-refractivity contribution is 0.209. The Morgan fingerprint density at radius 3 is 2.61 bits per heavy atom. The molecule has 2 aliphatic heterocycles. The highest BCUT2D eigenvalue weighted by Gasteiger charge is 2.40. The third-order valence-corrected chi connectivity index (χ3v) is 6.12. The van der Waals surface area contributed by atoms with Crippen LogP contribution in [0.5, 0.6) is 0 Å². The van der Waals surface area contributed by atoms with Gasteiger partial charge in [-0.05, 0) is 49.9 Å². The standard InChI is InChI=1S/C20H21Cl2FN4O/c1-12-8-13(2-5-18(12)23)25-20(28)26-7-6-14-3-4-15(11-26)27(14)19-16(21)9-24-10-17(19)22/h2,5,8-10,14-15H,3-4,6-7,11H2,1H3,(H,25,28). The van der Waals surface area contributed by atoms with E-state index in [1.807, 2.05) is 4.90 Å². The summed E-state index contributed by atoms with van der Waals surface area (Å²) in [5.74, 6) is -0.285. The van der Waals surface area contributed by atoms with E-state index in [1.54, 1.807) is 31.5 Å². The summed E-state index contributed by atoms with van der Waals surface area (Å²) >= 11 is 12.8. The maximum atomic E-state index is 13.5. The maximum Gasteiger partial charge on any atom is 0.321 e. The molecule has 4 rings (SSSR count). The molecule has 2 unspecified atom stereocenters. The SMILES string of the molecule is Cc1cc(NC(=O)N2CCC3CCC(C2)N3c2c(Cl)cncc2Cl)ccc1F. The minimum Gasteiger partial charge on any atom is -0.361 e. The Bertz CT molecular complexity index is 890. The van der Waals surface area contributed by atoms with Crippen LogP contribution in [0.3, 0.4) is 0 Å². The average molecular weight is 423 g/mol. The van der Waals surface area contributed by atoms with Gasteiger partial charge < -0.3 is 15.1 Å². The third kappa shape index (κ3) is 3.63. The highest BCUT2D eigenvalue weighted by molar-refractivity contribution is 6.39. The summed E-state index contributed by atoms with van der Waals surface area (Å²) in [7, 11) is 0. The summed E-state index contributed by atoms with van der Waals surface area (Å²) in [6.07, 6.45) is 6.07. The predicted molar refractivity (Wildman–Crippen MR) is 110 cm³/mol. The second-order valence-corrected chi connectivity index (χ2v) is 8.19. The molecule has 0 saturated carbocycles. The molecule has 5 nitrogen and oxygen atoms in total. The zero-order chi connectivity index (χ0) is 19.8. The smallest absolute Gasteiger partial charge is 0.321 e. The van der Waals surface area contributed by atoms with Crippen LogP contribution in [0.15, 0.2) is 30.6 Å². The normalized spacial score (nSPS) is 21.6. The van der Waals surface area contributed by atoms with Crippen molar-refractivity contribution in [1.82, 2.24) is 9.88 Å². The van der Waals surface area contributed by atoms with Crippen molar-refractivity contribution in [1.29, 1.82) is 0 Å². The van der Waals surface area contributed by atoms with Gasteiger partial charge in [0.2, 0.25) is 0 Å². The average Bonchev–Trinajstić information content (AvgIpc) is 2.92. The Kier molecular flexibility index (Phi) is 5.34. The number of anilines is 2. The van der Waals surface area contributed by atoms with E-state index in [1.165, 1.54) is 6.07 Å². The third-order valence-electron chi connectivity index (χ3n) is 5.57. The van der Waals surface area contributed by atoms with Gasteiger partial charge in [0.1, 0.15) is 5.82 Å². The number of carbonyl (C=O) groups excluding carboxylic acids is 1. The van der Waals surface area contributed by atoms with Gasteiger partial charge in [0, 0.05) is 43.3 Å². The van der Waals surface area contributed by atoms with Crippen LogP contribution < -0.4 is 10.2 Å². The van der Waals surface area contributed by atoms with Gasteiger partial charge in [0.25, 0.3) is 0 Å². The van der Waals surface area contributed by atoms with E-state index in [-0.39, 0.29) is 23.9 Å². The van der Waals surface area contributed by atoms with Crippen LogP contribution in [0.4, 0.5) is 20.6 Å². The summed E-state index contributed by atoms with van der Waals surface area (Å²) in [6.45, 7) is 2.90. The first-order valence-corrected chi connectivity index (χ1v) is 10.1. The number of hydrogen-bond donors (Lipinski definition) is 1. The molecule has 0 radical (unpaired) electrons. The van der Waals surface area contributed by atoms with Crippen LogP contribution in [0.25, 0.3) is 0 Å². The number of amides is 2. The number of benzene rings is 1. The Balaban J connectivity index is 1.52. The molecular formula is C20H21Cl2FN4O. The van der Waals surface area contributed by atoms with Crippen molar-refractivity contribution < 1.29 is 9.18 Å². The van der Waals surface area contributed by atoms with Crippen molar-refractivity contribution >= 4 is 40.6 Å². The highest BCUT2D eigenvalue weighted by atomic mass is 35.5. The number of aromatic nitrogens is 1. The molecule has 8 heteroatoms. The van der Waals surface area contributed by atoms with Gasteiger partial charge in [-0.25, -0.2) is 9.18 Å². The number of halogens is 3. The number of aryl methyl sites for hydroxylation is 1. The zero-order valence-electron chi connectivity index (χ0n) is 15.5. The van der Waals surface area contributed by atoms with E-state index in [4.69, 9.17) is 23.2 Å². The van der Waals surface area contributed by atoms with E-state index in [9.17, 15) is 9.18 Å². The second-order valence-electron chi connectivity index (χ2n) is 7.37. The van der Waals surface area contributed by atoms with Crippen LogP contribution in [0, 0.1) is 12.7 Å². The fourth-order valence-electron chi connectivity index (χ4n) is 4.20. The van der Waals surface area contributed by atoms with Gasteiger partial charge in [-0.15, -0.1) is 0 Å². The van der Waals surface area contributed by atoms with Gasteiger partial charge >= 0.3 is 6.03 Å². The summed E-state index contributed by atoms with van der Waals surface area (Å²) in [5, 5.41) is 3.95.